The molecule has 1 saturated carbocycles. The molecule has 1 aliphatic carbocycles. The lowest BCUT2D eigenvalue weighted by molar-refractivity contribution is -0.150. The number of hydrogen-bond acceptors (Lipinski definition) is 2. The zero-order valence-electron chi connectivity index (χ0n) is 10.8. The summed E-state index contributed by atoms with van der Waals surface area (Å²) in [6.45, 7) is 5.53. The van der Waals surface area contributed by atoms with Gasteiger partial charge >= 0.3 is 0 Å². The van der Waals surface area contributed by atoms with Crippen molar-refractivity contribution >= 4 is 0 Å². The van der Waals surface area contributed by atoms with E-state index in [2.05, 4.69) is 30.3 Å². The Hall–Kier alpha value is -0.860. The van der Waals surface area contributed by atoms with Gasteiger partial charge in [-0.3, -0.25) is 0 Å². The van der Waals surface area contributed by atoms with Gasteiger partial charge in [0.05, 0.1) is 0 Å². The maximum Gasteiger partial charge on any atom is 0.160 e. The third kappa shape index (κ3) is 3.55. The minimum absolute atomic E-state index is 0.0127. The normalized spacial score (nSPS) is 23.0. The highest BCUT2D eigenvalue weighted by Crippen LogP contribution is 2.44. The van der Waals surface area contributed by atoms with Gasteiger partial charge in [-0.1, -0.05) is 30.3 Å². The van der Waals surface area contributed by atoms with E-state index < -0.39 is 0 Å². The van der Waals surface area contributed by atoms with Crippen LogP contribution in [0.15, 0.2) is 30.3 Å². The Morgan fingerprint density at radius 3 is 2.35 bits per heavy atom. The monoisotopic (exact) mass is 234 g/mol. The Kier molecular flexibility index (Phi) is 4.57. The van der Waals surface area contributed by atoms with Crippen LogP contribution in [0.25, 0.3) is 0 Å². The molecule has 0 aromatic heterocycles. The van der Waals surface area contributed by atoms with Crippen LogP contribution in [0.5, 0.6) is 0 Å². The lowest BCUT2D eigenvalue weighted by atomic mass is 10.1. The highest BCUT2D eigenvalue weighted by Gasteiger charge is 2.43. The molecule has 2 nitrogen and oxygen atoms in total. The summed E-state index contributed by atoms with van der Waals surface area (Å²) in [6.07, 6.45) is 2.40. The first-order chi connectivity index (χ1) is 8.35. The fourth-order valence-electron chi connectivity index (χ4n) is 2.38. The Labute approximate surface area is 104 Å². The number of ether oxygens (including phenoxy) is 2. The van der Waals surface area contributed by atoms with Crippen LogP contribution >= 0.6 is 0 Å². The summed E-state index contributed by atoms with van der Waals surface area (Å²) in [5.41, 5.74) is 1.42. The largest absolute Gasteiger partial charge is 0.353 e. The third-order valence-electron chi connectivity index (χ3n) is 3.33. The molecule has 0 bridgehead atoms. The van der Waals surface area contributed by atoms with E-state index >= 15 is 0 Å². The van der Waals surface area contributed by atoms with E-state index in [9.17, 15) is 0 Å². The minimum Gasteiger partial charge on any atom is -0.353 e. The van der Waals surface area contributed by atoms with Gasteiger partial charge in [-0.15, -0.1) is 0 Å². The molecule has 1 aliphatic rings. The Morgan fingerprint density at radius 2 is 1.76 bits per heavy atom. The van der Waals surface area contributed by atoms with Crippen molar-refractivity contribution < 1.29 is 9.47 Å². The van der Waals surface area contributed by atoms with E-state index in [1.165, 1.54) is 12.0 Å². The van der Waals surface area contributed by atoms with E-state index in [1.54, 1.807) is 0 Å². The van der Waals surface area contributed by atoms with Crippen LogP contribution in [0.4, 0.5) is 0 Å². The molecule has 2 atom stereocenters. The number of rotatable bonds is 7. The Bertz CT molecular complexity index is 317. The summed E-state index contributed by atoms with van der Waals surface area (Å²) in [4.78, 5) is 0. The molecule has 17 heavy (non-hydrogen) atoms. The lowest BCUT2D eigenvalue weighted by Crippen LogP contribution is -2.20. The summed E-state index contributed by atoms with van der Waals surface area (Å²) in [7, 11) is 0. The topological polar surface area (TPSA) is 18.5 Å². The first-order valence-electron chi connectivity index (χ1n) is 6.62. The predicted octanol–water partition coefficient (Wildman–Crippen LogP) is 3.26. The van der Waals surface area contributed by atoms with Crippen molar-refractivity contribution in [2.24, 2.45) is 11.8 Å². The Balaban J connectivity index is 1.82. The van der Waals surface area contributed by atoms with Crippen molar-refractivity contribution in [1.29, 1.82) is 0 Å². The van der Waals surface area contributed by atoms with Crippen molar-refractivity contribution in [2.75, 3.05) is 13.2 Å². The molecule has 2 rings (SSSR count). The molecule has 0 radical (unpaired) electrons. The van der Waals surface area contributed by atoms with E-state index in [1.807, 2.05) is 13.8 Å². The average Bonchev–Trinajstić information content (AvgIpc) is 3.09. The van der Waals surface area contributed by atoms with Crippen molar-refractivity contribution in [1.82, 2.24) is 0 Å². The van der Waals surface area contributed by atoms with E-state index in [0.717, 1.165) is 25.6 Å². The predicted molar refractivity (Wildman–Crippen MR) is 68.8 cm³/mol. The zero-order valence-corrected chi connectivity index (χ0v) is 10.8. The average molecular weight is 234 g/mol. The molecule has 1 fully saturated rings. The highest BCUT2D eigenvalue weighted by atomic mass is 16.7. The first kappa shape index (κ1) is 12.6. The number of hydrogen-bond donors (Lipinski definition) is 0. The van der Waals surface area contributed by atoms with Gasteiger partial charge < -0.3 is 9.47 Å². The highest BCUT2D eigenvalue weighted by molar-refractivity contribution is 5.17. The summed E-state index contributed by atoms with van der Waals surface area (Å²) < 4.78 is 11.3. The van der Waals surface area contributed by atoms with E-state index in [4.69, 9.17) is 9.47 Å². The van der Waals surface area contributed by atoms with Gasteiger partial charge in [-0.2, -0.15) is 0 Å². The molecular formula is C15H22O2. The minimum atomic E-state index is 0.0127. The van der Waals surface area contributed by atoms with Crippen molar-refractivity contribution in [3.05, 3.63) is 35.9 Å². The summed E-state index contributed by atoms with van der Waals surface area (Å²) in [6, 6.07) is 10.7. The van der Waals surface area contributed by atoms with Gasteiger partial charge in [-0.05, 0) is 38.2 Å². The van der Waals surface area contributed by atoms with Gasteiger partial charge in [0.2, 0.25) is 0 Å². The van der Waals surface area contributed by atoms with Crippen molar-refractivity contribution in [2.45, 2.75) is 33.0 Å². The van der Waals surface area contributed by atoms with Crippen LogP contribution in [-0.2, 0) is 15.9 Å². The van der Waals surface area contributed by atoms with Gasteiger partial charge in [-0.25, -0.2) is 0 Å². The van der Waals surface area contributed by atoms with Crippen LogP contribution in [-0.4, -0.2) is 19.5 Å². The number of benzene rings is 1. The molecule has 0 amide bonds. The second-order valence-corrected chi connectivity index (χ2v) is 4.63. The zero-order chi connectivity index (χ0) is 12.1. The van der Waals surface area contributed by atoms with Gasteiger partial charge in [0.15, 0.2) is 6.29 Å². The smallest absolute Gasteiger partial charge is 0.160 e. The Morgan fingerprint density at radius 1 is 1.12 bits per heavy atom. The molecule has 1 aromatic rings. The maximum absolute atomic E-state index is 5.65. The SMILES string of the molecule is CCOC(OCC)C1CC1Cc1ccccc1. The molecular weight excluding hydrogens is 212 g/mol. The molecule has 2 unspecified atom stereocenters. The van der Waals surface area contributed by atoms with Gasteiger partial charge in [0.25, 0.3) is 0 Å². The van der Waals surface area contributed by atoms with Gasteiger partial charge in [0.1, 0.15) is 0 Å². The van der Waals surface area contributed by atoms with E-state index in [0.29, 0.717) is 5.92 Å². The summed E-state index contributed by atoms with van der Waals surface area (Å²) in [5, 5.41) is 0. The molecule has 0 aliphatic heterocycles. The molecule has 0 N–H and O–H groups in total. The quantitative estimate of drug-likeness (QED) is 0.674. The van der Waals surface area contributed by atoms with Crippen LogP contribution < -0.4 is 0 Å². The fourth-order valence-corrected chi connectivity index (χ4v) is 2.38. The van der Waals surface area contributed by atoms with Crippen LogP contribution in [0, 0.1) is 11.8 Å². The lowest BCUT2D eigenvalue weighted by Gasteiger charge is -2.16. The maximum atomic E-state index is 5.65. The van der Waals surface area contributed by atoms with Crippen LogP contribution in [0.1, 0.15) is 25.8 Å². The van der Waals surface area contributed by atoms with Gasteiger partial charge in [0, 0.05) is 19.1 Å². The first-order valence-corrected chi connectivity index (χ1v) is 6.62. The standard InChI is InChI=1S/C15H22O2/c1-3-16-15(17-4-2)14-11-13(14)10-12-8-6-5-7-9-12/h5-9,13-15H,3-4,10-11H2,1-2H3. The summed E-state index contributed by atoms with van der Waals surface area (Å²) in [5.74, 6) is 1.33. The molecule has 0 heterocycles. The second kappa shape index (κ2) is 6.18. The third-order valence-corrected chi connectivity index (χ3v) is 3.33. The van der Waals surface area contributed by atoms with Crippen molar-refractivity contribution in [3.63, 3.8) is 0 Å². The van der Waals surface area contributed by atoms with E-state index in [-0.39, 0.29) is 6.29 Å². The van der Waals surface area contributed by atoms with Crippen LogP contribution in [0.2, 0.25) is 0 Å². The molecule has 94 valence electrons. The molecule has 1 aromatic carbocycles. The van der Waals surface area contributed by atoms with Crippen LogP contribution in [0.3, 0.4) is 0 Å². The molecule has 0 spiro atoms. The second-order valence-electron chi connectivity index (χ2n) is 4.63. The summed E-state index contributed by atoms with van der Waals surface area (Å²) >= 11 is 0. The van der Waals surface area contributed by atoms with Crippen molar-refractivity contribution in [3.8, 4) is 0 Å². The fraction of sp³-hybridized carbons (Fsp3) is 0.600. The molecule has 2 heteroatoms. The molecule has 0 saturated heterocycles.